The van der Waals surface area contributed by atoms with Crippen molar-refractivity contribution in [1.29, 1.82) is 0 Å². The number of H-pyrrole nitrogens is 1. The second-order valence-electron chi connectivity index (χ2n) is 4.37. The topological polar surface area (TPSA) is 53.6 Å². The molecule has 0 fully saturated rings. The summed E-state index contributed by atoms with van der Waals surface area (Å²) in [5.74, 6) is 0.562. The Morgan fingerprint density at radius 3 is 2.95 bits per heavy atom. The van der Waals surface area contributed by atoms with Crippen LogP contribution in [-0.4, -0.2) is 21.5 Å². The van der Waals surface area contributed by atoms with Crippen LogP contribution in [0.1, 0.15) is 5.56 Å². The lowest BCUT2D eigenvalue weighted by Gasteiger charge is -2.06. The van der Waals surface area contributed by atoms with Crippen LogP contribution in [0, 0.1) is 0 Å². The number of aromatic nitrogens is 3. The monoisotopic (exact) mass is 306 g/mol. The molecule has 0 aliphatic heterocycles. The normalized spacial score (nSPS) is 10.9. The van der Waals surface area contributed by atoms with Gasteiger partial charge in [-0.15, -0.1) is 0 Å². The second kappa shape index (κ2) is 5.69. The number of rotatable bonds is 4. The molecule has 2 aromatic heterocycles. The van der Waals surface area contributed by atoms with Gasteiger partial charge in [-0.25, -0.2) is 4.98 Å². The molecule has 102 valence electrons. The van der Waals surface area contributed by atoms with Gasteiger partial charge >= 0.3 is 0 Å². The lowest BCUT2D eigenvalue weighted by molar-refractivity contribution is 1.01. The average molecular weight is 307 g/mol. The van der Waals surface area contributed by atoms with E-state index in [0.717, 1.165) is 18.5 Å². The van der Waals surface area contributed by atoms with Gasteiger partial charge in [-0.2, -0.15) is 4.98 Å². The third-order valence-electron chi connectivity index (χ3n) is 3.08. The maximum atomic E-state index is 6.00. The van der Waals surface area contributed by atoms with Crippen molar-refractivity contribution >= 4 is 39.9 Å². The van der Waals surface area contributed by atoms with Crippen LogP contribution in [0.2, 0.25) is 10.3 Å². The average Bonchev–Trinajstić information content (AvgIpc) is 2.86. The Kier molecular flexibility index (Phi) is 3.76. The maximum Gasteiger partial charge on any atom is 0.224 e. The van der Waals surface area contributed by atoms with E-state index in [0.29, 0.717) is 10.8 Å². The summed E-state index contributed by atoms with van der Waals surface area (Å²) in [6, 6.07) is 8.22. The predicted molar refractivity (Wildman–Crippen MR) is 82.5 cm³/mol. The van der Waals surface area contributed by atoms with Crippen molar-refractivity contribution in [1.82, 2.24) is 15.0 Å². The van der Waals surface area contributed by atoms with Crippen LogP contribution < -0.4 is 5.32 Å². The molecule has 3 aromatic rings. The maximum absolute atomic E-state index is 6.00. The summed E-state index contributed by atoms with van der Waals surface area (Å²) in [7, 11) is 0. The molecule has 20 heavy (non-hydrogen) atoms. The van der Waals surface area contributed by atoms with Crippen LogP contribution in [0.15, 0.2) is 36.7 Å². The van der Waals surface area contributed by atoms with E-state index in [4.69, 9.17) is 23.2 Å². The summed E-state index contributed by atoms with van der Waals surface area (Å²) in [4.78, 5) is 11.1. The number of anilines is 1. The third kappa shape index (κ3) is 2.71. The third-order valence-corrected chi connectivity index (χ3v) is 3.54. The fourth-order valence-corrected chi connectivity index (χ4v) is 2.41. The highest BCUT2D eigenvalue weighted by Crippen LogP contribution is 2.21. The summed E-state index contributed by atoms with van der Waals surface area (Å²) < 4.78 is 0. The van der Waals surface area contributed by atoms with Gasteiger partial charge in [-0.3, -0.25) is 0 Å². The molecule has 0 aliphatic rings. The number of nitrogens with one attached hydrogen (secondary N) is 2. The van der Waals surface area contributed by atoms with Crippen LogP contribution in [0.3, 0.4) is 0 Å². The Labute approximate surface area is 126 Å². The van der Waals surface area contributed by atoms with Crippen LogP contribution in [0.25, 0.3) is 10.9 Å². The molecule has 0 radical (unpaired) electrons. The molecule has 0 saturated carbocycles. The van der Waals surface area contributed by atoms with Gasteiger partial charge < -0.3 is 10.3 Å². The van der Waals surface area contributed by atoms with Crippen molar-refractivity contribution in [3.63, 3.8) is 0 Å². The fraction of sp³-hybridized carbons (Fsp3) is 0.143. The first kappa shape index (κ1) is 13.2. The molecule has 2 N–H and O–H groups in total. The molecule has 0 amide bonds. The predicted octanol–water partition coefficient (Wildman–Crippen LogP) is 3.92. The molecule has 0 aliphatic carbocycles. The van der Waals surface area contributed by atoms with Gasteiger partial charge in [0.2, 0.25) is 5.28 Å². The number of aromatic amines is 1. The minimum absolute atomic E-state index is 0.184. The number of nitrogens with zero attached hydrogens (tertiary/aromatic N) is 2. The standard InChI is InChI=1S/C14H12Cl2N4/c15-11-8-19-14(16)20-13(11)17-6-5-9-7-18-12-4-2-1-3-10(9)12/h1-4,7-8,18H,5-6H2,(H,17,19,20). The van der Waals surface area contributed by atoms with Gasteiger partial charge in [0.15, 0.2) is 0 Å². The van der Waals surface area contributed by atoms with Crippen LogP contribution in [0.4, 0.5) is 5.82 Å². The molecule has 0 atom stereocenters. The largest absolute Gasteiger partial charge is 0.368 e. The first-order valence-electron chi connectivity index (χ1n) is 6.21. The summed E-state index contributed by atoms with van der Waals surface area (Å²) in [6.07, 6.45) is 4.38. The van der Waals surface area contributed by atoms with Crippen molar-refractivity contribution in [2.24, 2.45) is 0 Å². The number of benzene rings is 1. The lowest BCUT2D eigenvalue weighted by Crippen LogP contribution is -2.07. The molecule has 2 heterocycles. The van der Waals surface area contributed by atoms with Gasteiger partial charge in [0, 0.05) is 23.6 Å². The van der Waals surface area contributed by atoms with E-state index in [9.17, 15) is 0 Å². The highest BCUT2D eigenvalue weighted by atomic mass is 35.5. The van der Waals surface area contributed by atoms with Crippen molar-refractivity contribution in [2.45, 2.75) is 6.42 Å². The van der Waals surface area contributed by atoms with Crippen LogP contribution in [0.5, 0.6) is 0 Å². The minimum Gasteiger partial charge on any atom is -0.368 e. The smallest absolute Gasteiger partial charge is 0.224 e. The van der Waals surface area contributed by atoms with E-state index < -0.39 is 0 Å². The quantitative estimate of drug-likeness (QED) is 0.718. The summed E-state index contributed by atoms with van der Waals surface area (Å²) >= 11 is 11.7. The minimum atomic E-state index is 0.184. The Bertz CT molecular complexity index is 739. The van der Waals surface area contributed by atoms with Gasteiger partial charge in [0.25, 0.3) is 0 Å². The number of para-hydroxylation sites is 1. The van der Waals surface area contributed by atoms with E-state index in [-0.39, 0.29) is 5.28 Å². The molecule has 6 heteroatoms. The zero-order valence-corrected chi connectivity index (χ0v) is 12.0. The van der Waals surface area contributed by atoms with Gasteiger partial charge in [0.05, 0.1) is 6.20 Å². The van der Waals surface area contributed by atoms with Gasteiger partial charge in [-0.05, 0) is 29.7 Å². The number of hydrogen-bond acceptors (Lipinski definition) is 3. The van der Waals surface area contributed by atoms with Crippen molar-refractivity contribution in [3.05, 3.63) is 52.5 Å². The Hall–Kier alpha value is -1.78. The number of hydrogen-bond donors (Lipinski definition) is 2. The van der Waals surface area contributed by atoms with E-state index in [1.165, 1.54) is 17.1 Å². The Morgan fingerprint density at radius 1 is 1.20 bits per heavy atom. The number of fused-ring (bicyclic) bond motifs is 1. The highest BCUT2D eigenvalue weighted by Gasteiger charge is 2.05. The second-order valence-corrected chi connectivity index (χ2v) is 5.12. The van der Waals surface area contributed by atoms with Gasteiger partial charge in [-0.1, -0.05) is 29.8 Å². The summed E-state index contributed by atoms with van der Waals surface area (Å²) in [5.41, 5.74) is 2.40. The lowest BCUT2D eigenvalue weighted by atomic mass is 10.1. The molecule has 4 nitrogen and oxygen atoms in total. The SMILES string of the molecule is Clc1ncc(Cl)c(NCCc2c[nH]c3ccccc23)n1. The first-order valence-corrected chi connectivity index (χ1v) is 6.96. The Balaban J connectivity index is 1.69. The van der Waals surface area contributed by atoms with Crippen molar-refractivity contribution < 1.29 is 0 Å². The molecule has 0 saturated heterocycles. The molecule has 0 bridgehead atoms. The molecule has 3 rings (SSSR count). The van der Waals surface area contributed by atoms with Gasteiger partial charge in [0.1, 0.15) is 10.8 Å². The van der Waals surface area contributed by atoms with E-state index in [2.05, 4.69) is 32.4 Å². The summed E-state index contributed by atoms with van der Waals surface area (Å²) in [5, 5.41) is 5.06. The molecule has 0 spiro atoms. The zero-order chi connectivity index (χ0) is 13.9. The van der Waals surface area contributed by atoms with Crippen LogP contribution >= 0.6 is 23.2 Å². The summed E-state index contributed by atoms with van der Waals surface area (Å²) in [6.45, 7) is 0.717. The van der Waals surface area contributed by atoms with E-state index in [1.807, 2.05) is 18.3 Å². The fourth-order valence-electron chi connectivity index (χ4n) is 2.12. The van der Waals surface area contributed by atoms with Crippen LogP contribution in [-0.2, 0) is 6.42 Å². The van der Waals surface area contributed by atoms with Crippen molar-refractivity contribution in [2.75, 3.05) is 11.9 Å². The molecule has 0 unspecified atom stereocenters. The first-order chi connectivity index (χ1) is 9.74. The molecular formula is C14H12Cl2N4. The Morgan fingerprint density at radius 2 is 2.05 bits per heavy atom. The molecular weight excluding hydrogens is 295 g/mol. The zero-order valence-electron chi connectivity index (χ0n) is 10.5. The van der Waals surface area contributed by atoms with Crippen molar-refractivity contribution in [3.8, 4) is 0 Å². The van der Waals surface area contributed by atoms with E-state index >= 15 is 0 Å². The highest BCUT2D eigenvalue weighted by molar-refractivity contribution is 6.33. The van der Waals surface area contributed by atoms with E-state index in [1.54, 1.807) is 0 Å². The molecule has 1 aromatic carbocycles. The number of halogens is 2.